The Bertz CT molecular complexity index is 347. The average Bonchev–Trinajstić information content (AvgIpc) is 2.99. The Hall–Kier alpha value is -1.58. The highest BCUT2D eigenvalue weighted by Crippen LogP contribution is 2.00. The number of H-pyrrole nitrogens is 1. The number of unbranched alkanes of at least 4 members (excludes halogenated alkanes) is 3. The fraction of sp³-hybridized carbons (Fsp3) is 0.538. The van der Waals surface area contributed by atoms with Crippen molar-refractivity contribution in [2.45, 2.75) is 39.2 Å². The molecule has 0 aromatic carbocycles. The number of hydrogen-bond acceptors (Lipinski definition) is 1. The lowest BCUT2D eigenvalue weighted by molar-refractivity contribution is -0.671. The second-order valence-electron chi connectivity index (χ2n) is 4.14. The van der Waals surface area contributed by atoms with Crippen molar-refractivity contribution in [3.8, 4) is 0 Å². The molecule has 0 aliphatic carbocycles. The maximum atomic E-state index is 3.67. The van der Waals surface area contributed by atoms with Gasteiger partial charge < -0.3 is 4.98 Å². The quantitative estimate of drug-likeness (QED) is 0.626. The third kappa shape index (κ3) is 6.56. The summed E-state index contributed by atoms with van der Waals surface area (Å²) in [5, 5.41) is 0. The number of aromatic amines is 1. The molecular formula is C13H23N4+. The summed E-state index contributed by atoms with van der Waals surface area (Å²) in [6.45, 7) is 3.41. The van der Waals surface area contributed by atoms with Crippen molar-refractivity contribution in [1.29, 1.82) is 0 Å². The Labute approximate surface area is 103 Å². The first-order chi connectivity index (χ1) is 8.33. The normalized spacial score (nSPS) is 9.76. The van der Waals surface area contributed by atoms with Gasteiger partial charge in [-0.3, -0.25) is 0 Å². The highest BCUT2D eigenvalue weighted by molar-refractivity contribution is 4.65. The van der Waals surface area contributed by atoms with Crippen LogP contribution in [-0.2, 0) is 13.6 Å². The van der Waals surface area contributed by atoms with Gasteiger partial charge in [0.25, 0.3) is 0 Å². The van der Waals surface area contributed by atoms with Crippen LogP contribution in [0.15, 0.2) is 37.4 Å². The van der Waals surface area contributed by atoms with Crippen molar-refractivity contribution in [3.05, 3.63) is 37.4 Å². The molecule has 0 fully saturated rings. The summed E-state index contributed by atoms with van der Waals surface area (Å²) in [5.74, 6) is 0. The van der Waals surface area contributed by atoms with Crippen LogP contribution in [-0.4, -0.2) is 14.5 Å². The fourth-order valence-corrected chi connectivity index (χ4v) is 1.57. The van der Waals surface area contributed by atoms with Gasteiger partial charge in [-0.15, -0.1) is 0 Å². The third-order valence-corrected chi connectivity index (χ3v) is 2.50. The SMILES string of the molecule is CCCCCCn1cc[n+](C)c1.c1c[nH]cn1. The molecule has 0 aliphatic heterocycles. The second kappa shape index (κ2) is 8.56. The van der Waals surface area contributed by atoms with Gasteiger partial charge in [-0.25, -0.2) is 14.1 Å². The molecule has 2 rings (SSSR count). The van der Waals surface area contributed by atoms with Crippen molar-refractivity contribution in [1.82, 2.24) is 14.5 Å². The van der Waals surface area contributed by atoms with Crippen molar-refractivity contribution >= 4 is 0 Å². The maximum Gasteiger partial charge on any atom is 0.243 e. The molecule has 1 N–H and O–H groups in total. The van der Waals surface area contributed by atoms with Crippen LogP contribution in [0, 0.1) is 0 Å². The summed E-state index contributed by atoms with van der Waals surface area (Å²) in [5.41, 5.74) is 0. The summed E-state index contributed by atoms with van der Waals surface area (Å²) in [4.78, 5) is 6.42. The van der Waals surface area contributed by atoms with Gasteiger partial charge in [-0.2, -0.15) is 0 Å². The van der Waals surface area contributed by atoms with Gasteiger partial charge in [0.2, 0.25) is 6.33 Å². The van der Waals surface area contributed by atoms with Gasteiger partial charge in [0.1, 0.15) is 12.4 Å². The third-order valence-electron chi connectivity index (χ3n) is 2.50. The molecule has 0 atom stereocenters. The molecule has 0 radical (unpaired) electrons. The number of hydrogen-bond donors (Lipinski definition) is 1. The minimum absolute atomic E-state index is 1.17. The molecule has 0 unspecified atom stereocenters. The van der Waals surface area contributed by atoms with Crippen molar-refractivity contribution in [2.24, 2.45) is 7.05 Å². The van der Waals surface area contributed by atoms with Crippen LogP contribution >= 0.6 is 0 Å². The predicted octanol–water partition coefficient (Wildman–Crippen LogP) is 2.30. The molecule has 0 spiro atoms. The Morgan fingerprint density at radius 3 is 2.65 bits per heavy atom. The van der Waals surface area contributed by atoms with E-state index in [1.165, 1.54) is 32.2 Å². The molecule has 17 heavy (non-hydrogen) atoms. The highest BCUT2D eigenvalue weighted by Gasteiger charge is 1.97. The van der Waals surface area contributed by atoms with Gasteiger partial charge in [0, 0.05) is 12.4 Å². The number of nitrogens with one attached hydrogen (secondary N) is 1. The molecule has 0 aliphatic rings. The zero-order chi connectivity index (χ0) is 12.3. The minimum atomic E-state index is 1.17. The number of imidazole rings is 2. The van der Waals surface area contributed by atoms with Crippen LogP contribution in [0.25, 0.3) is 0 Å². The van der Waals surface area contributed by atoms with E-state index in [1.54, 1.807) is 18.7 Å². The average molecular weight is 235 g/mol. The van der Waals surface area contributed by atoms with E-state index in [0.29, 0.717) is 0 Å². The largest absolute Gasteiger partial charge is 0.351 e. The Morgan fingerprint density at radius 1 is 1.29 bits per heavy atom. The topological polar surface area (TPSA) is 37.5 Å². The van der Waals surface area contributed by atoms with Gasteiger partial charge in [0.05, 0.1) is 19.9 Å². The van der Waals surface area contributed by atoms with E-state index in [1.807, 2.05) is 0 Å². The van der Waals surface area contributed by atoms with Crippen LogP contribution in [0.3, 0.4) is 0 Å². The first-order valence-electron chi connectivity index (χ1n) is 6.26. The monoisotopic (exact) mass is 235 g/mol. The van der Waals surface area contributed by atoms with Crippen molar-refractivity contribution < 1.29 is 4.57 Å². The first-order valence-corrected chi connectivity index (χ1v) is 6.26. The summed E-state index contributed by atoms with van der Waals surface area (Å²) in [7, 11) is 2.06. The van der Waals surface area contributed by atoms with Crippen molar-refractivity contribution in [3.63, 3.8) is 0 Å². The van der Waals surface area contributed by atoms with Crippen molar-refractivity contribution in [2.75, 3.05) is 0 Å². The molecule has 94 valence electrons. The minimum Gasteiger partial charge on any atom is -0.351 e. The predicted molar refractivity (Wildman–Crippen MR) is 68.3 cm³/mol. The summed E-state index contributed by atoms with van der Waals surface area (Å²) in [6, 6.07) is 0. The summed E-state index contributed by atoms with van der Waals surface area (Å²) < 4.78 is 4.33. The van der Waals surface area contributed by atoms with Crippen LogP contribution in [0.5, 0.6) is 0 Å². The van der Waals surface area contributed by atoms with E-state index < -0.39 is 0 Å². The smallest absolute Gasteiger partial charge is 0.243 e. The Kier molecular flexibility index (Phi) is 6.79. The van der Waals surface area contributed by atoms with Gasteiger partial charge >= 0.3 is 0 Å². The van der Waals surface area contributed by atoms with Crippen LogP contribution < -0.4 is 4.57 Å². The fourth-order valence-electron chi connectivity index (χ4n) is 1.57. The van der Waals surface area contributed by atoms with E-state index in [2.05, 4.69) is 51.8 Å². The molecular weight excluding hydrogens is 212 g/mol. The Morgan fingerprint density at radius 2 is 2.18 bits per heavy atom. The van der Waals surface area contributed by atoms with E-state index in [4.69, 9.17) is 0 Å². The lowest BCUT2D eigenvalue weighted by Gasteiger charge is -1.95. The molecule has 0 saturated heterocycles. The van der Waals surface area contributed by atoms with E-state index >= 15 is 0 Å². The Balaban J connectivity index is 0.000000239. The molecule has 0 bridgehead atoms. The lowest BCUT2D eigenvalue weighted by Crippen LogP contribution is -2.23. The van der Waals surface area contributed by atoms with Crippen LogP contribution in [0.1, 0.15) is 32.6 Å². The molecule has 0 saturated carbocycles. The molecule has 0 amide bonds. The molecule has 2 aromatic rings. The van der Waals surface area contributed by atoms with E-state index in [-0.39, 0.29) is 0 Å². The number of nitrogens with zero attached hydrogens (tertiary/aromatic N) is 3. The molecule has 2 heterocycles. The van der Waals surface area contributed by atoms with E-state index in [9.17, 15) is 0 Å². The maximum absolute atomic E-state index is 3.67. The number of rotatable bonds is 5. The second-order valence-corrected chi connectivity index (χ2v) is 4.14. The van der Waals surface area contributed by atoms with Gasteiger partial charge in [-0.05, 0) is 12.8 Å². The zero-order valence-electron chi connectivity index (χ0n) is 10.8. The van der Waals surface area contributed by atoms with Gasteiger partial charge in [0.15, 0.2) is 0 Å². The van der Waals surface area contributed by atoms with Gasteiger partial charge in [-0.1, -0.05) is 19.8 Å². The van der Waals surface area contributed by atoms with E-state index in [0.717, 1.165) is 0 Å². The number of aromatic nitrogens is 4. The standard InChI is InChI=1S/C10H19N2.C3H4N2/c1-3-4-5-6-7-12-9-8-11(2)10-12;1-2-5-3-4-1/h8-10H,3-7H2,1-2H3;1-3H,(H,4,5)/q+1;. The lowest BCUT2D eigenvalue weighted by atomic mass is 10.2. The summed E-state index contributed by atoms with van der Waals surface area (Å²) in [6.07, 6.45) is 16.8. The van der Waals surface area contributed by atoms with Crippen LogP contribution in [0.2, 0.25) is 0 Å². The molecule has 2 aromatic heterocycles. The zero-order valence-corrected chi connectivity index (χ0v) is 10.8. The molecule has 4 nitrogen and oxygen atoms in total. The van der Waals surface area contributed by atoms with Crippen LogP contribution in [0.4, 0.5) is 0 Å². The highest BCUT2D eigenvalue weighted by atomic mass is 15.1. The molecule has 4 heteroatoms. The first kappa shape index (κ1) is 13.5. The number of aryl methyl sites for hydroxylation is 2. The summed E-state index contributed by atoms with van der Waals surface area (Å²) >= 11 is 0.